The van der Waals surface area contributed by atoms with Gasteiger partial charge >= 0.3 is 5.97 Å². The molecule has 0 aromatic heterocycles. The Balaban J connectivity index is 1.72. The number of carbonyl (C=O) groups excluding carboxylic acids is 1. The number of nitrogens with one attached hydrogen (secondary N) is 1. The number of fused-ring (bicyclic) bond motifs is 1. The Kier molecular flexibility index (Phi) is 3.77. The molecule has 3 saturated heterocycles. The van der Waals surface area contributed by atoms with Gasteiger partial charge in [-0.3, -0.25) is 4.79 Å². The fraction of sp³-hybridized carbons (Fsp3) is 0.933. The Labute approximate surface area is 121 Å². The first-order valence-corrected chi connectivity index (χ1v) is 7.67. The van der Waals surface area contributed by atoms with E-state index in [1.165, 1.54) is 13.5 Å². The van der Waals surface area contributed by atoms with E-state index in [0.29, 0.717) is 24.5 Å². The van der Waals surface area contributed by atoms with Gasteiger partial charge in [-0.05, 0) is 24.8 Å². The molecule has 0 radical (unpaired) electrons. The van der Waals surface area contributed by atoms with E-state index in [4.69, 9.17) is 9.47 Å². The van der Waals surface area contributed by atoms with Gasteiger partial charge in [-0.25, -0.2) is 0 Å². The first-order chi connectivity index (χ1) is 9.58. The molecular weight excluding hydrogens is 256 g/mol. The molecule has 5 nitrogen and oxygen atoms in total. The van der Waals surface area contributed by atoms with Gasteiger partial charge < -0.3 is 19.7 Å². The monoisotopic (exact) mass is 282 g/mol. The molecule has 1 unspecified atom stereocenters. The zero-order valence-electron chi connectivity index (χ0n) is 12.6. The highest BCUT2D eigenvalue weighted by Gasteiger charge is 2.55. The topological polar surface area (TPSA) is 50.8 Å². The number of rotatable bonds is 3. The van der Waals surface area contributed by atoms with Crippen molar-refractivity contribution in [3.63, 3.8) is 0 Å². The van der Waals surface area contributed by atoms with Crippen LogP contribution in [-0.2, 0) is 14.3 Å². The van der Waals surface area contributed by atoms with Crippen LogP contribution in [0.2, 0.25) is 0 Å². The Hall–Kier alpha value is -0.650. The molecule has 0 aromatic carbocycles. The van der Waals surface area contributed by atoms with Gasteiger partial charge in [-0.2, -0.15) is 0 Å². The Bertz CT molecular complexity index is 381. The third kappa shape index (κ3) is 2.36. The van der Waals surface area contributed by atoms with Crippen LogP contribution < -0.4 is 5.32 Å². The zero-order valence-corrected chi connectivity index (χ0v) is 12.6. The molecule has 0 aliphatic carbocycles. The quantitative estimate of drug-likeness (QED) is 0.764. The highest BCUT2D eigenvalue weighted by atomic mass is 16.5. The van der Waals surface area contributed by atoms with Crippen LogP contribution in [0.25, 0.3) is 0 Å². The minimum Gasteiger partial charge on any atom is -0.469 e. The van der Waals surface area contributed by atoms with Crippen LogP contribution in [0.5, 0.6) is 0 Å². The predicted octanol–water partition coefficient (Wildman–Crippen LogP) is 0.498. The third-order valence-electron chi connectivity index (χ3n) is 5.43. The van der Waals surface area contributed by atoms with E-state index in [0.717, 1.165) is 39.1 Å². The second-order valence-electron chi connectivity index (χ2n) is 7.08. The normalized spacial score (nSPS) is 41.6. The standard InChI is InChI=1S/C15H26N2O3/c1-14(3-5-16-9-14)10-17-7-12-8-20-6-4-15(12,11-17)13(18)19-2/h12,16H,3-11H2,1-2H3/t12-,14?,15+/m0/s1. The highest BCUT2D eigenvalue weighted by Crippen LogP contribution is 2.44. The lowest BCUT2D eigenvalue weighted by molar-refractivity contribution is -0.161. The maximum atomic E-state index is 12.3. The van der Waals surface area contributed by atoms with E-state index < -0.39 is 0 Å². The molecular formula is C15H26N2O3. The fourth-order valence-corrected chi connectivity index (χ4v) is 4.25. The van der Waals surface area contributed by atoms with Crippen LogP contribution in [0.3, 0.4) is 0 Å². The van der Waals surface area contributed by atoms with Gasteiger partial charge in [0, 0.05) is 38.7 Å². The summed E-state index contributed by atoms with van der Waals surface area (Å²) >= 11 is 0. The molecule has 3 rings (SSSR count). The maximum absolute atomic E-state index is 12.3. The number of hydrogen-bond acceptors (Lipinski definition) is 5. The van der Waals surface area contributed by atoms with Crippen molar-refractivity contribution in [1.82, 2.24) is 10.2 Å². The summed E-state index contributed by atoms with van der Waals surface area (Å²) in [5, 5.41) is 3.45. The van der Waals surface area contributed by atoms with Gasteiger partial charge in [0.05, 0.1) is 19.1 Å². The van der Waals surface area contributed by atoms with Crippen molar-refractivity contribution < 1.29 is 14.3 Å². The number of carbonyl (C=O) groups is 1. The van der Waals surface area contributed by atoms with Crippen molar-refractivity contribution in [2.75, 3.05) is 53.0 Å². The summed E-state index contributed by atoms with van der Waals surface area (Å²) in [5.74, 6) is 0.254. The molecule has 0 spiro atoms. The average molecular weight is 282 g/mol. The fourth-order valence-electron chi connectivity index (χ4n) is 4.25. The summed E-state index contributed by atoms with van der Waals surface area (Å²) in [4.78, 5) is 14.8. The van der Waals surface area contributed by atoms with E-state index in [1.807, 2.05) is 0 Å². The second-order valence-corrected chi connectivity index (χ2v) is 7.08. The van der Waals surface area contributed by atoms with Crippen LogP contribution in [0, 0.1) is 16.7 Å². The second kappa shape index (κ2) is 5.28. The lowest BCUT2D eigenvalue weighted by Gasteiger charge is -2.35. The summed E-state index contributed by atoms with van der Waals surface area (Å²) in [7, 11) is 1.51. The van der Waals surface area contributed by atoms with E-state index in [-0.39, 0.29) is 11.4 Å². The predicted molar refractivity (Wildman–Crippen MR) is 75.4 cm³/mol. The van der Waals surface area contributed by atoms with Gasteiger partial charge in [0.15, 0.2) is 0 Å². The van der Waals surface area contributed by atoms with E-state index >= 15 is 0 Å². The molecule has 5 heteroatoms. The summed E-state index contributed by atoms with van der Waals surface area (Å²) < 4.78 is 10.7. The minimum atomic E-state index is -0.324. The number of hydrogen-bond donors (Lipinski definition) is 1. The highest BCUT2D eigenvalue weighted by molar-refractivity contribution is 5.78. The molecule has 3 atom stereocenters. The van der Waals surface area contributed by atoms with Crippen LogP contribution in [0.15, 0.2) is 0 Å². The third-order valence-corrected chi connectivity index (χ3v) is 5.43. The smallest absolute Gasteiger partial charge is 0.313 e. The molecule has 0 aromatic rings. The molecule has 0 saturated carbocycles. The number of likely N-dealkylation sites (tertiary alicyclic amines) is 1. The Morgan fingerprint density at radius 3 is 3.05 bits per heavy atom. The van der Waals surface area contributed by atoms with Gasteiger partial charge in [-0.15, -0.1) is 0 Å². The summed E-state index contributed by atoms with van der Waals surface area (Å²) in [6.07, 6.45) is 2.02. The summed E-state index contributed by atoms with van der Waals surface area (Å²) in [6.45, 7) is 8.77. The lowest BCUT2D eigenvalue weighted by atomic mass is 9.74. The van der Waals surface area contributed by atoms with Gasteiger partial charge in [0.2, 0.25) is 0 Å². The molecule has 3 aliphatic rings. The first-order valence-electron chi connectivity index (χ1n) is 7.67. The number of nitrogens with zero attached hydrogens (tertiary/aromatic N) is 1. The molecule has 1 N–H and O–H groups in total. The first kappa shape index (κ1) is 14.3. The van der Waals surface area contributed by atoms with Crippen molar-refractivity contribution in [3.05, 3.63) is 0 Å². The zero-order chi connectivity index (χ0) is 14.2. The maximum Gasteiger partial charge on any atom is 0.313 e. The SMILES string of the molecule is COC(=O)[C@@]12CCOC[C@@H]1CN(CC1(C)CCNC1)C2. The van der Waals surface area contributed by atoms with Crippen LogP contribution >= 0.6 is 0 Å². The summed E-state index contributed by atoms with van der Waals surface area (Å²) in [5.41, 5.74) is 0.0149. The van der Waals surface area contributed by atoms with Gasteiger partial charge in [-0.1, -0.05) is 6.92 Å². The van der Waals surface area contributed by atoms with Crippen molar-refractivity contribution in [2.45, 2.75) is 19.8 Å². The van der Waals surface area contributed by atoms with Crippen molar-refractivity contribution in [1.29, 1.82) is 0 Å². The Morgan fingerprint density at radius 2 is 2.35 bits per heavy atom. The number of ether oxygens (including phenoxy) is 2. The molecule has 0 amide bonds. The van der Waals surface area contributed by atoms with Gasteiger partial charge in [0.1, 0.15) is 0 Å². The average Bonchev–Trinajstić information content (AvgIpc) is 3.01. The van der Waals surface area contributed by atoms with E-state index in [2.05, 4.69) is 17.1 Å². The number of esters is 1. The van der Waals surface area contributed by atoms with Crippen molar-refractivity contribution >= 4 is 5.97 Å². The largest absolute Gasteiger partial charge is 0.469 e. The van der Waals surface area contributed by atoms with Crippen molar-refractivity contribution in [3.8, 4) is 0 Å². The van der Waals surface area contributed by atoms with E-state index in [9.17, 15) is 4.79 Å². The summed E-state index contributed by atoms with van der Waals surface area (Å²) in [6, 6.07) is 0. The van der Waals surface area contributed by atoms with Gasteiger partial charge in [0.25, 0.3) is 0 Å². The van der Waals surface area contributed by atoms with Crippen molar-refractivity contribution in [2.24, 2.45) is 16.7 Å². The molecule has 3 fully saturated rings. The van der Waals surface area contributed by atoms with Crippen LogP contribution in [-0.4, -0.2) is 63.9 Å². The Morgan fingerprint density at radius 1 is 1.50 bits per heavy atom. The molecule has 114 valence electrons. The van der Waals surface area contributed by atoms with E-state index in [1.54, 1.807) is 0 Å². The number of methoxy groups -OCH3 is 1. The molecule has 3 aliphatic heterocycles. The lowest BCUT2D eigenvalue weighted by Crippen LogP contribution is -2.46. The van der Waals surface area contributed by atoms with Crippen LogP contribution in [0.1, 0.15) is 19.8 Å². The molecule has 20 heavy (non-hydrogen) atoms. The molecule has 0 bridgehead atoms. The molecule has 3 heterocycles. The van der Waals surface area contributed by atoms with Crippen LogP contribution in [0.4, 0.5) is 0 Å². The minimum absolute atomic E-state index is 0.0389.